The van der Waals surface area contributed by atoms with Crippen LogP contribution in [0.25, 0.3) is 10.6 Å². The van der Waals surface area contributed by atoms with Crippen LogP contribution < -0.4 is 5.32 Å². The van der Waals surface area contributed by atoms with Crippen LogP contribution in [0, 0.1) is 0 Å². The molecule has 2 aromatic heterocycles. The summed E-state index contributed by atoms with van der Waals surface area (Å²) in [5.41, 5.74) is 0.454. The Morgan fingerprint density at radius 3 is 2.26 bits per heavy atom. The number of thiophene rings is 1. The van der Waals surface area contributed by atoms with Crippen molar-refractivity contribution in [3.8, 4) is 10.6 Å². The van der Waals surface area contributed by atoms with Crippen molar-refractivity contribution in [3.05, 3.63) is 58.6 Å². The lowest BCUT2D eigenvalue weighted by atomic mass is 10.1. The molecule has 0 saturated heterocycles. The van der Waals surface area contributed by atoms with Crippen molar-refractivity contribution in [2.45, 2.75) is 0 Å². The van der Waals surface area contributed by atoms with Crippen LogP contribution in [0.15, 0.2) is 46.3 Å². The van der Waals surface area contributed by atoms with Crippen LogP contribution in [0.1, 0.15) is 31.2 Å². The van der Waals surface area contributed by atoms with Gasteiger partial charge in [-0.1, -0.05) is 11.2 Å². The van der Waals surface area contributed by atoms with Gasteiger partial charge in [0.05, 0.1) is 30.2 Å². The van der Waals surface area contributed by atoms with Crippen molar-refractivity contribution < 1.29 is 28.4 Å². The first kappa shape index (κ1) is 18.3. The van der Waals surface area contributed by atoms with Crippen molar-refractivity contribution in [3.63, 3.8) is 0 Å². The van der Waals surface area contributed by atoms with E-state index in [1.165, 1.54) is 49.8 Å². The van der Waals surface area contributed by atoms with E-state index in [1.807, 2.05) is 17.5 Å². The molecule has 0 bridgehead atoms. The Morgan fingerprint density at radius 2 is 1.70 bits per heavy atom. The number of hydrogen-bond acceptors (Lipinski definition) is 8. The van der Waals surface area contributed by atoms with Gasteiger partial charge in [-0.25, -0.2) is 9.59 Å². The second kappa shape index (κ2) is 7.83. The van der Waals surface area contributed by atoms with Gasteiger partial charge in [0.15, 0.2) is 11.5 Å². The minimum absolute atomic E-state index is 0.0569. The topological polar surface area (TPSA) is 108 Å². The number of carbonyl (C=O) groups excluding carboxylic acids is 3. The molecular weight excluding hydrogens is 372 g/mol. The maximum atomic E-state index is 12.4. The van der Waals surface area contributed by atoms with Crippen LogP contribution in [-0.4, -0.2) is 37.2 Å². The molecule has 0 spiro atoms. The second-order valence-electron chi connectivity index (χ2n) is 5.29. The summed E-state index contributed by atoms with van der Waals surface area (Å²) in [7, 11) is 2.43. The monoisotopic (exact) mass is 386 g/mol. The molecule has 0 radical (unpaired) electrons. The third-order valence-corrected chi connectivity index (χ3v) is 4.42. The summed E-state index contributed by atoms with van der Waals surface area (Å²) in [6.07, 6.45) is 0. The van der Waals surface area contributed by atoms with Crippen molar-refractivity contribution in [2.24, 2.45) is 0 Å². The molecule has 3 rings (SSSR count). The predicted molar refractivity (Wildman–Crippen MR) is 96.9 cm³/mol. The number of anilines is 1. The lowest BCUT2D eigenvalue weighted by molar-refractivity contribution is 0.0599. The zero-order valence-electron chi connectivity index (χ0n) is 14.3. The molecule has 138 valence electrons. The van der Waals surface area contributed by atoms with E-state index in [0.717, 1.165) is 4.88 Å². The van der Waals surface area contributed by atoms with Crippen molar-refractivity contribution in [2.75, 3.05) is 19.5 Å². The van der Waals surface area contributed by atoms with Gasteiger partial charge in [0, 0.05) is 11.8 Å². The Labute approximate surface area is 157 Å². The van der Waals surface area contributed by atoms with E-state index >= 15 is 0 Å². The van der Waals surface area contributed by atoms with Gasteiger partial charge in [-0.05, 0) is 29.6 Å². The molecular formula is C18H14N2O6S. The highest BCUT2D eigenvalue weighted by molar-refractivity contribution is 7.13. The molecule has 0 saturated carbocycles. The Morgan fingerprint density at radius 1 is 1.04 bits per heavy atom. The number of esters is 2. The maximum absolute atomic E-state index is 12.4. The van der Waals surface area contributed by atoms with Crippen LogP contribution in [0.4, 0.5) is 5.69 Å². The summed E-state index contributed by atoms with van der Waals surface area (Å²) >= 11 is 1.45. The van der Waals surface area contributed by atoms with Gasteiger partial charge in [-0.3, -0.25) is 4.79 Å². The van der Waals surface area contributed by atoms with Gasteiger partial charge in [-0.15, -0.1) is 11.3 Å². The smallest absolute Gasteiger partial charge is 0.337 e. The fraction of sp³-hybridized carbons (Fsp3) is 0.111. The minimum atomic E-state index is -0.655. The summed E-state index contributed by atoms with van der Waals surface area (Å²) < 4.78 is 14.5. The maximum Gasteiger partial charge on any atom is 0.337 e. The van der Waals surface area contributed by atoms with E-state index < -0.39 is 17.8 Å². The Hall–Kier alpha value is -3.46. The largest absolute Gasteiger partial charge is 0.465 e. The molecule has 2 heterocycles. The highest BCUT2D eigenvalue weighted by atomic mass is 32.1. The number of aromatic nitrogens is 1. The van der Waals surface area contributed by atoms with Crippen LogP contribution in [0.2, 0.25) is 0 Å². The van der Waals surface area contributed by atoms with Crippen molar-refractivity contribution in [1.29, 1.82) is 0 Å². The first-order valence-corrected chi connectivity index (χ1v) is 8.53. The highest BCUT2D eigenvalue weighted by Crippen LogP contribution is 2.25. The van der Waals surface area contributed by atoms with Gasteiger partial charge in [0.2, 0.25) is 0 Å². The number of rotatable bonds is 5. The van der Waals surface area contributed by atoms with Gasteiger partial charge in [-0.2, -0.15) is 0 Å². The average Bonchev–Trinajstić information content (AvgIpc) is 3.37. The number of methoxy groups -OCH3 is 2. The quantitative estimate of drug-likeness (QED) is 0.671. The summed E-state index contributed by atoms with van der Waals surface area (Å²) in [6.45, 7) is 0. The third-order valence-electron chi connectivity index (χ3n) is 3.54. The van der Waals surface area contributed by atoms with E-state index in [-0.39, 0.29) is 22.5 Å². The van der Waals surface area contributed by atoms with Crippen molar-refractivity contribution in [1.82, 2.24) is 5.16 Å². The first-order valence-electron chi connectivity index (χ1n) is 7.65. The number of amides is 1. The van der Waals surface area contributed by atoms with Crippen molar-refractivity contribution >= 4 is 34.9 Å². The Kier molecular flexibility index (Phi) is 5.32. The summed E-state index contributed by atoms with van der Waals surface area (Å²) in [5.74, 6) is -1.40. The van der Waals surface area contributed by atoms with Gasteiger partial charge in [0.1, 0.15) is 0 Å². The van der Waals surface area contributed by atoms with E-state index in [4.69, 9.17) is 4.52 Å². The van der Waals surface area contributed by atoms with Gasteiger partial charge < -0.3 is 19.3 Å². The van der Waals surface area contributed by atoms with E-state index in [9.17, 15) is 14.4 Å². The molecule has 1 N–H and O–H groups in total. The van der Waals surface area contributed by atoms with Crippen LogP contribution in [0.3, 0.4) is 0 Å². The van der Waals surface area contributed by atoms with E-state index in [1.54, 1.807) is 0 Å². The molecule has 0 atom stereocenters. The summed E-state index contributed by atoms with van der Waals surface area (Å²) in [4.78, 5) is 36.9. The zero-order valence-corrected chi connectivity index (χ0v) is 15.2. The highest BCUT2D eigenvalue weighted by Gasteiger charge is 2.18. The predicted octanol–water partition coefficient (Wildman–Crippen LogP) is 3.23. The molecule has 0 aliphatic heterocycles. The molecule has 0 fully saturated rings. The molecule has 3 aromatic rings. The normalized spacial score (nSPS) is 10.3. The number of carbonyl (C=O) groups is 3. The number of nitrogens with zero attached hydrogens (tertiary/aromatic N) is 1. The lowest BCUT2D eigenvalue weighted by Gasteiger charge is -2.08. The molecule has 1 aromatic carbocycles. The Balaban J connectivity index is 1.86. The molecule has 0 unspecified atom stereocenters. The van der Waals surface area contributed by atoms with E-state index in [0.29, 0.717) is 5.76 Å². The molecule has 8 nitrogen and oxygen atoms in total. The Bertz CT molecular complexity index is 959. The summed E-state index contributed by atoms with van der Waals surface area (Å²) in [6, 6.07) is 9.29. The fourth-order valence-corrected chi connectivity index (χ4v) is 2.96. The molecule has 27 heavy (non-hydrogen) atoms. The molecule has 9 heteroatoms. The minimum Gasteiger partial charge on any atom is -0.465 e. The second-order valence-corrected chi connectivity index (χ2v) is 6.24. The molecule has 1 amide bonds. The van der Waals surface area contributed by atoms with Gasteiger partial charge >= 0.3 is 11.9 Å². The summed E-state index contributed by atoms with van der Waals surface area (Å²) in [5, 5.41) is 8.21. The first-order chi connectivity index (χ1) is 13.0. The average molecular weight is 386 g/mol. The SMILES string of the molecule is COC(=O)c1cc(NC(=O)c2cc(-c3cccs3)on2)cc(C(=O)OC)c1. The molecule has 0 aliphatic rings. The van der Waals surface area contributed by atoms with Crippen LogP contribution in [-0.2, 0) is 9.47 Å². The van der Waals surface area contributed by atoms with E-state index in [2.05, 4.69) is 19.9 Å². The number of nitrogens with one attached hydrogen (secondary N) is 1. The van der Waals surface area contributed by atoms with Crippen LogP contribution in [0.5, 0.6) is 0 Å². The third kappa shape index (κ3) is 4.04. The standard InChI is InChI=1S/C18H14N2O6S/c1-24-17(22)10-6-11(18(23)25-2)8-12(7-10)19-16(21)13-9-14(26-20-13)15-4-3-5-27-15/h3-9H,1-2H3,(H,19,21). The van der Waals surface area contributed by atoms with Gasteiger partial charge in [0.25, 0.3) is 5.91 Å². The zero-order chi connectivity index (χ0) is 19.4. The lowest BCUT2D eigenvalue weighted by Crippen LogP contribution is -2.14. The molecule has 0 aliphatic carbocycles. The number of ether oxygens (including phenoxy) is 2. The fourth-order valence-electron chi connectivity index (χ4n) is 2.28. The number of hydrogen-bond donors (Lipinski definition) is 1. The number of benzene rings is 1. The van der Waals surface area contributed by atoms with Crippen LogP contribution >= 0.6 is 11.3 Å².